The van der Waals surface area contributed by atoms with Gasteiger partial charge in [-0.05, 0) is 46.0 Å². The molecule has 2 rings (SSSR count). The normalized spacial score (nSPS) is 29.4. The minimum Gasteiger partial charge on any atom is -0.460 e. The summed E-state index contributed by atoms with van der Waals surface area (Å²) in [7, 11) is 0. The predicted molar refractivity (Wildman–Crippen MR) is 88.0 cm³/mol. The molecule has 0 radical (unpaired) electrons. The predicted octanol–water partition coefficient (Wildman–Crippen LogP) is 2.92. The fourth-order valence-corrected chi connectivity index (χ4v) is 3.26. The molecule has 1 saturated heterocycles. The Morgan fingerprint density at radius 3 is 2.58 bits per heavy atom. The van der Waals surface area contributed by atoms with Gasteiger partial charge in [-0.3, -0.25) is 9.59 Å². The maximum Gasteiger partial charge on any atom is 0.416 e. The summed E-state index contributed by atoms with van der Waals surface area (Å²) in [6, 6.07) is 0. The van der Waals surface area contributed by atoms with Gasteiger partial charge >= 0.3 is 12.1 Å². The van der Waals surface area contributed by atoms with E-state index < -0.39 is 23.5 Å². The van der Waals surface area contributed by atoms with Gasteiger partial charge in [-0.15, -0.1) is 0 Å². The van der Waals surface area contributed by atoms with Crippen molar-refractivity contribution >= 4 is 18.0 Å². The summed E-state index contributed by atoms with van der Waals surface area (Å²) >= 11 is 0. The molecule has 1 fully saturated rings. The second-order valence-corrected chi connectivity index (χ2v) is 7.53. The van der Waals surface area contributed by atoms with Crippen LogP contribution in [0.25, 0.3) is 0 Å². The lowest BCUT2D eigenvalue weighted by molar-refractivity contribution is -0.167. The molecule has 0 saturated carbocycles. The van der Waals surface area contributed by atoms with E-state index in [1.807, 2.05) is 39.8 Å². The van der Waals surface area contributed by atoms with Gasteiger partial charge in [0.2, 0.25) is 5.91 Å². The van der Waals surface area contributed by atoms with Gasteiger partial charge in [0.25, 0.3) is 0 Å². The highest BCUT2D eigenvalue weighted by atomic mass is 16.6. The van der Waals surface area contributed by atoms with E-state index in [0.717, 1.165) is 17.7 Å². The minimum atomic E-state index is -0.623. The number of imide groups is 1. The van der Waals surface area contributed by atoms with Crippen LogP contribution in [-0.4, -0.2) is 41.6 Å². The number of carbonyl (C=O) groups excluding carboxylic acids is 3. The third kappa shape index (κ3) is 4.36. The summed E-state index contributed by atoms with van der Waals surface area (Å²) in [6.45, 7) is 7.86. The molecule has 1 unspecified atom stereocenters. The van der Waals surface area contributed by atoms with Crippen LogP contribution in [0.5, 0.6) is 0 Å². The van der Waals surface area contributed by atoms with E-state index in [1.54, 1.807) is 0 Å². The monoisotopic (exact) mass is 337 g/mol. The standard InChI is InChI=1S/C18H27NO5/c1-12-8-6-5-7-9-13(14(12)16(21)24-18(2,3)4)15(20)19-10-11-23-17(19)22/h5,7,12-14H,6,8-11H2,1-4H3/b7-5-/t12?,13-,14-/m1/s1. The number of ether oxygens (including phenoxy) is 2. The molecule has 24 heavy (non-hydrogen) atoms. The first-order valence-electron chi connectivity index (χ1n) is 8.56. The fraction of sp³-hybridized carbons (Fsp3) is 0.722. The summed E-state index contributed by atoms with van der Waals surface area (Å²) in [5.74, 6) is -1.87. The summed E-state index contributed by atoms with van der Waals surface area (Å²) < 4.78 is 10.4. The van der Waals surface area contributed by atoms with E-state index in [2.05, 4.69) is 0 Å². The fourth-order valence-electron chi connectivity index (χ4n) is 3.26. The maximum absolute atomic E-state index is 12.9. The Morgan fingerprint density at radius 1 is 1.29 bits per heavy atom. The number of esters is 1. The Kier molecular flexibility index (Phi) is 5.67. The molecule has 0 bridgehead atoms. The van der Waals surface area contributed by atoms with Crippen LogP contribution < -0.4 is 0 Å². The Labute approximate surface area is 143 Å². The van der Waals surface area contributed by atoms with Crippen LogP contribution in [0.3, 0.4) is 0 Å². The SMILES string of the molecule is CC1CC/C=C\C[C@@H](C(=O)N2CCOC2=O)[C@@H]1C(=O)OC(C)(C)C. The van der Waals surface area contributed by atoms with Crippen LogP contribution in [0, 0.1) is 17.8 Å². The van der Waals surface area contributed by atoms with Crippen molar-refractivity contribution in [1.82, 2.24) is 4.90 Å². The van der Waals surface area contributed by atoms with Crippen LogP contribution in [0.4, 0.5) is 4.79 Å². The van der Waals surface area contributed by atoms with Crippen molar-refractivity contribution in [3.05, 3.63) is 12.2 Å². The van der Waals surface area contributed by atoms with Crippen molar-refractivity contribution in [3.8, 4) is 0 Å². The number of hydrogen-bond donors (Lipinski definition) is 0. The third-order valence-electron chi connectivity index (χ3n) is 4.41. The first-order chi connectivity index (χ1) is 11.2. The summed E-state index contributed by atoms with van der Waals surface area (Å²) in [5, 5.41) is 0. The number of carbonyl (C=O) groups is 3. The van der Waals surface area contributed by atoms with Gasteiger partial charge in [-0.2, -0.15) is 0 Å². The molecule has 1 aliphatic heterocycles. The second kappa shape index (κ2) is 7.36. The zero-order valence-electron chi connectivity index (χ0n) is 14.9. The van der Waals surface area contributed by atoms with Crippen molar-refractivity contribution in [1.29, 1.82) is 0 Å². The van der Waals surface area contributed by atoms with Crippen molar-refractivity contribution in [3.63, 3.8) is 0 Å². The Morgan fingerprint density at radius 2 is 2.00 bits per heavy atom. The summed E-state index contributed by atoms with van der Waals surface area (Å²) in [6.07, 6.45) is 5.43. The zero-order chi connectivity index (χ0) is 17.9. The molecule has 6 nitrogen and oxygen atoms in total. The molecule has 1 heterocycles. The number of hydrogen-bond acceptors (Lipinski definition) is 5. The summed E-state index contributed by atoms with van der Waals surface area (Å²) in [5.41, 5.74) is -0.616. The minimum absolute atomic E-state index is 0.00243. The van der Waals surface area contributed by atoms with E-state index in [9.17, 15) is 14.4 Å². The maximum atomic E-state index is 12.9. The number of amides is 2. The van der Waals surface area contributed by atoms with Gasteiger partial charge < -0.3 is 9.47 Å². The molecule has 2 amide bonds. The Hall–Kier alpha value is -1.85. The van der Waals surface area contributed by atoms with Crippen molar-refractivity contribution in [2.24, 2.45) is 17.8 Å². The van der Waals surface area contributed by atoms with Gasteiger partial charge in [-0.1, -0.05) is 19.1 Å². The quantitative estimate of drug-likeness (QED) is 0.572. The van der Waals surface area contributed by atoms with Crippen LogP contribution in [-0.2, 0) is 19.1 Å². The molecule has 0 aromatic heterocycles. The van der Waals surface area contributed by atoms with Gasteiger partial charge in [0.05, 0.1) is 18.4 Å². The van der Waals surface area contributed by atoms with Crippen molar-refractivity contribution < 1.29 is 23.9 Å². The number of cyclic esters (lactones) is 1. The van der Waals surface area contributed by atoms with Crippen molar-refractivity contribution in [2.75, 3.05) is 13.2 Å². The van der Waals surface area contributed by atoms with E-state index in [-0.39, 0.29) is 30.9 Å². The van der Waals surface area contributed by atoms with Crippen LogP contribution in [0.2, 0.25) is 0 Å². The highest BCUT2D eigenvalue weighted by Gasteiger charge is 2.43. The number of rotatable bonds is 2. The molecule has 6 heteroatoms. The summed E-state index contributed by atoms with van der Waals surface area (Å²) in [4.78, 5) is 38.5. The molecule has 0 spiro atoms. The molecule has 0 aromatic carbocycles. The molecule has 0 N–H and O–H groups in total. The molecule has 2 aliphatic rings. The number of nitrogens with zero attached hydrogens (tertiary/aromatic N) is 1. The Balaban J connectivity index is 2.28. The first kappa shape index (κ1) is 18.5. The van der Waals surface area contributed by atoms with Crippen LogP contribution in [0.15, 0.2) is 12.2 Å². The topological polar surface area (TPSA) is 72.9 Å². The highest BCUT2D eigenvalue weighted by Crippen LogP contribution is 2.34. The molecule has 0 aromatic rings. The third-order valence-corrected chi connectivity index (χ3v) is 4.41. The molecule has 3 atom stereocenters. The lowest BCUT2D eigenvalue weighted by Crippen LogP contribution is -2.45. The molecular weight excluding hydrogens is 310 g/mol. The zero-order valence-corrected chi connectivity index (χ0v) is 14.9. The Bertz CT molecular complexity index is 534. The van der Waals surface area contributed by atoms with Crippen LogP contribution >= 0.6 is 0 Å². The molecular formula is C18H27NO5. The average molecular weight is 337 g/mol. The van der Waals surface area contributed by atoms with Gasteiger partial charge in [-0.25, -0.2) is 9.69 Å². The molecule has 134 valence electrons. The van der Waals surface area contributed by atoms with Crippen LogP contribution in [0.1, 0.15) is 47.0 Å². The average Bonchev–Trinajstić information content (AvgIpc) is 2.86. The smallest absolute Gasteiger partial charge is 0.416 e. The second-order valence-electron chi connectivity index (χ2n) is 7.53. The van der Waals surface area contributed by atoms with E-state index >= 15 is 0 Å². The lowest BCUT2D eigenvalue weighted by atomic mass is 9.76. The molecule has 1 aliphatic carbocycles. The van der Waals surface area contributed by atoms with Crippen molar-refractivity contribution in [2.45, 2.75) is 52.6 Å². The van der Waals surface area contributed by atoms with Gasteiger partial charge in [0, 0.05) is 0 Å². The van der Waals surface area contributed by atoms with E-state index in [4.69, 9.17) is 9.47 Å². The van der Waals surface area contributed by atoms with Gasteiger partial charge in [0.15, 0.2) is 0 Å². The largest absolute Gasteiger partial charge is 0.460 e. The first-order valence-corrected chi connectivity index (χ1v) is 8.56. The van der Waals surface area contributed by atoms with E-state index in [0.29, 0.717) is 6.42 Å². The highest BCUT2D eigenvalue weighted by molar-refractivity contribution is 5.96. The lowest BCUT2D eigenvalue weighted by Gasteiger charge is -2.33. The van der Waals surface area contributed by atoms with E-state index in [1.165, 1.54) is 0 Å². The number of allylic oxidation sites excluding steroid dienone is 2. The van der Waals surface area contributed by atoms with Gasteiger partial charge in [0.1, 0.15) is 12.2 Å².